The highest BCUT2D eigenvalue weighted by molar-refractivity contribution is 5.85. The number of nitrogens with two attached hydrogens (primary N) is 1. The lowest BCUT2D eigenvalue weighted by Gasteiger charge is -2.38. The topological polar surface area (TPSA) is 75.8 Å². The van der Waals surface area contributed by atoms with E-state index < -0.39 is 17.6 Å². The molecule has 2 aliphatic rings. The highest BCUT2D eigenvalue weighted by Gasteiger charge is 2.54. The van der Waals surface area contributed by atoms with Crippen LogP contribution in [-0.4, -0.2) is 54.3 Å². The second-order valence-electron chi connectivity index (χ2n) is 4.37. The summed E-state index contributed by atoms with van der Waals surface area (Å²) in [6, 6.07) is 0. The van der Waals surface area contributed by atoms with Gasteiger partial charge in [0.15, 0.2) is 0 Å². The van der Waals surface area contributed by atoms with E-state index in [4.69, 9.17) is 11.8 Å². The SMILES string of the molecule is [2H]CN1CCC[C@]1(C(N)=O)[C@H]1COC[C@@H]1O. The normalized spacial score (nSPS) is 43.1. The van der Waals surface area contributed by atoms with Crippen LogP contribution >= 0.6 is 0 Å². The number of nitrogens with zero attached hydrogens (tertiary/aromatic N) is 1. The lowest BCUT2D eigenvalue weighted by atomic mass is 9.79. The van der Waals surface area contributed by atoms with Crippen LogP contribution in [0.15, 0.2) is 0 Å². The van der Waals surface area contributed by atoms with Gasteiger partial charge >= 0.3 is 0 Å². The van der Waals surface area contributed by atoms with E-state index in [9.17, 15) is 9.90 Å². The molecule has 0 aromatic carbocycles. The maximum Gasteiger partial charge on any atom is 0.238 e. The van der Waals surface area contributed by atoms with Gasteiger partial charge in [-0.05, 0) is 26.4 Å². The largest absolute Gasteiger partial charge is 0.390 e. The summed E-state index contributed by atoms with van der Waals surface area (Å²) in [7, 11) is 0.0339. The molecular formula is C10H18N2O3. The molecule has 2 fully saturated rings. The molecule has 0 bridgehead atoms. The highest BCUT2D eigenvalue weighted by Crippen LogP contribution is 2.38. The molecule has 15 heavy (non-hydrogen) atoms. The molecule has 0 saturated carbocycles. The van der Waals surface area contributed by atoms with Crippen molar-refractivity contribution in [3.8, 4) is 0 Å². The molecule has 86 valence electrons. The van der Waals surface area contributed by atoms with Crippen LogP contribution in [0.5, 0.6) is 0 Å². The number of aliphatic hydroxyl groups excluding tert-OH is 1. The summed E-state index contributed by atoms with van der Waals surface area (Å²) in [5.41, 5.74) is 4.63. The first-order valence-electron chi connectivity index (χ1n) is 5.93. The molecule has 2 rings (SSSR count). The molecular weight excluding hydrogens is 196 g/mol. The van der Waals surface area contributed by atoms with E-state index in [1.807, 2.05) is 0 Å². The van der Waals surface area contributed by atoms with Gasteiger partial charge in [-0.25, -0.2) is 0 Å². The zero-order valence-electron chi connectivity index (χ0n) is 9.69. The summed E-state index contributed by atoms with van der Waals surface area (Å²) in [5.74, 6) is -0.732. The lowest BCUT2D eigenvalue weighted by molar-refractivity contribution is -0.133. The Morgan fingerprint density at radius 3 is 3.07 bits per heavy atom. The van der Waals surface area contributed by atoms with Crippen LogP contribution < -0.4 is 5.73 Å². The van der Waals surface area contributed by atoms with E-state index in [1.54, 1.807) is 4.90 Å². The summed E-state index contributed by atoms with van der Waals surface area (Å²) >= 11 is 0. The van der Waals surface area contributed by atoms with Gasteiger partial charge in [-0.15, -0.1) is 0 Å². The van der Waals surface area contributed by atoms with Gasteiger partial charge in [-0.3, -0.25) is 9.69 Å². The summed E-state index contributed by atoms with van der Waals surface area (Å²) in [6.45, 7) is 1.29. The zero-order chi connectivity index (χ0) is 11.8. The number of ether oxygens (including phenoxy) is 1. The first-order chi connectivity index (χ1) is 7.63. The van der Waals surface area contributed by atoms with E-state index in [0.717, 1.165) is 6.42 Å². The lowest BCUT2D eigenvalue weighted by Crippen LogP contribution is -2.60. The number of hydrogen-bond donors (Lipinski definition) is 2. The molecule has 0 unspecified atom stereocenters. The molecule has 0 aromatic rings. The summed E-state index contributed by atoms with van der Waals surface area (Å²) in [6.07, 6.45) is 0.803. The second-order valence-corrected chi connectivity index (χ2v) is 4.37. The monoisotopic (exact) mass is 215 g/mol. The fourth-order valence-corrected chi connectivity index (χ4v) is 2.78. The van der Waals surface area contributed by atoms with Gasteiger partial charge in [0, 0.05) is 7.29 Å². The third kappa shape index (κ3) is 1.46. The summed E-state index contributed by atoms with van der Waals surface area (Å²) in [4.78, 5) is 13.5. The van der Waals surface area contributed by atoms with Crippen LogP contribution in [-0.2, 0) is 9.53 Å². The van der Waals surface area contributed by atoms with Gasteiger partial charge in [0.2, 0.25) is 5.91 Å². The van der Waals surface area contributed by atoms with E-state index in [-0.39, 0.29) is 19.5 Å². The molecule has 2 heterocycles. The van der Waals surface area contributed by atoms with Crippen LogP contribution in [0.3, 0.4) is 0 Å². The van der Waals surface area contributed by atoms with E-state index in [0.29, 0.717) is 19.6 Å². The number of likely N-dealkylation sites (N-methyl/N-ethyl adjacent to an activating group) is 1. The average Bonchev–Trinajstić information content (AvgIpc) is 2.83. The quantitative estimate of drug-likeness (QED) is 0.616. The van der Waals surface area contributed by atoms with Gasteiger partial charge in [0.05, 0.1) is 19.3 Å². The van der Waals surface area contributed by atoms with Crippen LogP contribution in [0, 0.1) is 5.92 Å². The molecule has 3 N–H and O–H groups in total. The number of hydrogen-bond acceptors (Lipinski definition) is 4. The van der Waals surface area contributed by atoms with Gasteiger partial charge in [0.25, 0.3) is 0 Å². The Balaban J connectivity index is 2.31. The standard InChI is InChI=1S/C10H18N2O3/c1-12-4-2-3-10(12,9(11)14)7-5-15-6-8(7)13/h7-8,13H,2-6H2,1H3,(H2,11,14)/t7-,8-,10+/m0/s1/i1D. The Kier molecular flexibility index (Phi) is 2.38. The molecule has 0 spiro atoms. The molecule has 0 radical (unpaired) electrons. The van der Waals surface area contributed by atoms with Crippen molar-refractivity contribution in [2.24, 2.45) is 11.7 Å². The number of rotatable bonds is 2. The third-order valence-corrected chi connectivity index (χ3v) is 3.64. The first kappa shape index (κ1) is 9.57. The van der Waals surface area contributed by atoms with E-state index in [2.05, 4.69) is 0 Å². The van der Waals surface area contributed by atoms with Crippen molar-refractivity contribution in [1.29, 1.82) is 0 Å². The molecule has 3 atom stereocenters. The first-order valence-corrected chi connectivity index (χ1v) is 5.23. The Hall–Kier alpha value is -0.650. The summed E-state index contributed by atoms with van der Waals surface area (Å²) in [5, 5.41) is 9.86. The van der Waals surface area contributed by atoms with Gasteiger partial charge in [0.1, 0.15) is 5.54 Å². The van der Waals surface area contributed by atoms with E-state index >= 15 is 0 Å². The maximum absolute atomic E-state index is 11.8. The number of amides is 1. The number of likely N-dealkylation sites (tertiary alicyclic amines) is 1. The van der Waals surface area contributed by atoms with Crippen LogP contribution in [0.2, 0.25) is 0 Å². The number of aliphatic hydroxyl groups is 1. The fraction of sp³-hybridized carbons (Fsp3) is 0.900. The summed E-state index contributed by atoms with van der Waals surface area (Å²) < 4.78 is 12.7. The molecule has 0 aromatic heterocycles. The Labute approximate surface area is 90.6 Å². The van der Waals surface area contributed by atoms with Crippen molar-refractivity contribution in [1.82, 2.24) is 4.90 Å². The minimum atomic E-state index is -0.877. The van der Waals surface area contributed by atoms with Crippen molar-refractivity contribution >= 4 is 5.91 Å². The molecule has 5 nitrogen and oxygen atoms in total. The zero-order valence-corrected chi connectivity index (χ0v) is 8.69. The predicted octanol–water partition coefficient (Wildman–Crippen LogP) is -1.06. The van der Waals surface area contributed by atoms with Gasteiger partial charge in [-0.1, -0.05) is 0 Å². The number of carbonyl (C=O) groups excluding carboxylic acids is 1. The van der Waals surface area contributed by atoms with Crippen molar-refractivity contribution in [3.05, 3.63) is 0 Å². The van der Waals surface area contributed by atoms with Crippen LogP contribution in [0.1, 0.15) is 14.2 Å². The molecule has 2 aliphatic heterocycles. The minimum absolute atomic E-state index is 0.0339. The number of carbonyl (C=O) groups is 1. The van der Waals surface area contributed by atoms with Crippen molar-refractivity contribution in [3.63, 3.8) is 0 Å². The second kappa shape index (κ2) is 3.73. The molecule has 2 saturated heterocycles. The molecule has 0 aliphatic carbocycles. The average molecular weight is 215 g/mol. The predicted molar refractivity (Wildman–Crippen MR) is 54.1 cm³/mol. The van der Waals surface area contributed by atoms with Crippen molar-refractivity contribution in [2.75, 3.05) is 26.8 Å². The van der Waals surface area contributed by atoms with E-state index in [1.165, 1.54) is 0 Å². The van der Waals surface area contributed by atoms with Crippen molar-refractivity contribution in [2.45, 2.75) is 24.5 Å². The highest BCUT2D eigenvalue weighted by atomic mass is 16.5. The third-order valence-electron chi connectivity index (χ3n) is 3.64. The van der Waals surface area contributed by atoms with Crippen LogP contribution in [0.4, 0.5) is 0 Å². The molecule has 1 amide bonds. The van der Waals surface area contributed by atoms with Gasteiger partial charge in [-0.2, -0.15) is 0 Å². The van der Waals surface area contributed by atoms with Crippen LogP contribution in [0.25, 0.3) is 0 Å². The number of primary amides is 1. The van der Waals surface area contributed by atoms with Gasteiger partial charge < -0.3 is 15.6 Å². The smallest absolute Gasteiger partial charge is 0.238 e. The fourth-order valence-electron chi connectivity index (χ4n) is 2.78. The maximum atomic E-state index is 11.8. The minimum Gasteiger partial charge on any atom is -0.390 e. The Morgan fingerprint density at radius 1 is 1.73 bits per heavy atom. The Morgan fingerprint density at radius 2 is 2.53 bits per heavy atom. The molecule has 5 heteroatoms. The Bertz CT molecular complexity index is 289. The van der Waals surface area contributed by atoms with Crippen molar-refractivity contribution < 1.29 is 16.0 Å².